The van der Waals surface area contributed by atoms with E-state index in [2.05, 4.69) is 83.3 Å². The van der Waals surface area contributed by atoms with Crippen LogP contribution in [0.15, 0.2) is 41.4 Å². The van der Waals surface area contributed by atoms with Crippen LogP contribution in [0.5, 0.6) is 0 Å². The number of benzene rings is 2. The Balaban J connectivity index is 2.26. The third-order valence-corrected chi connectivity index (χ3v) is 4.20. The Bertz CT molecular complexity index is 658. The van der Waals surface area contributed by atoms with E-state index in [1.165, 1.54) is 27.9 Å². The van der Waals surface area contributed by atoms with E-state index >= 15 is 0 Å². The van der Waals surface area contributed by atoms with Gasteiger partial charge in [-0.15, -0.1) is 0 Å². The zero-order valence-electron chi connectivity index (χ0n) is 14.5. The van der Waals surface area contributed by atoms with Gasteiger partial charge in [-0.2, -0.15) is 0 Å². The average molecular weight is 294 g/mol. The van der Waals surface area contributed by atoms with E-state index in [1.54, 1.807) is 0 Å². The maximum Gasteiger partial charge on any atom is 0.0688 e. The molecule has 0 bridgehead atoms. The Morgan fingerprint density at radius 1 is 0.864 bits per heavy atom. The first-order valence-electron chi connectivity index (χ1n) is 7.84. The van der Waals surface area contributed by atoms with E-state index < -0.39 is 0 Å². The van der Waals surface area contributed by atoms with Gasteiger partial charge in [0.15, 0.2) is 0 Å². The van der Waals surface area contributed by atoms with E-state index in [0.717, 1.165) is 11.4 Å². The lowest BCUT2D eigenvalue weighted by Gasteiger charge is -2.19. The van der Waals surface area contributed by atoms with Crippen LogP contribution in [0.25, 0.3) is 0 Å². The minimum Gasteiger partial charge on any atom is -0.377 e. The summed E-state index contributed by atoms with van der Waals surface area (Å²) in [5.41, 5.74) is 8.39. The molecule has 2 nitrogen and oxygen atoms in total. The Hall–Kier alpha value is -2.09. The summed E-state index contributed by atoms with van der Waals surface area (Å²) in [5.74, 6) is 0. The summed E-state index contributed by atoms with van der Waals surface area (Å²) in [5, 5.41) is 3.61. The van der Waals surface area contributed by atoms with Crippen LogP contribution < -0.4 is 5.32 Å². The molecule has 1 N–H and O–H groups in total. The van der Waals surface area contributed by atoms with Gasteiger partial charge in [-0.05, 0) is 63.8 Å². The molecule has 0 amide bonds. The molecule has 0 radical (unpaired) electrons. The van der Waals surface area contributed by atoms with Crippen molar-refractivity contribution in [3.8, 4) is 0 Å². The van der Waals surface area contributed by atoms with Crippen molar-refractivity contribution in [2.75, 3.05) is 5.32 Å². The molecule has 1 atom stereocenters. The number of rotatable bonds is 4. The van der Waals surface area contributed by atoms with Crippen LogP contribution in [0.2, 0.25) is 0 Å². The second-order valence-electron chi connectivity index (χ2n) is 6.13. The summed E-state index contributed by atoms with van der Waals surface area (Å²) in [7, 11) is 0. The highest BCUT2D eigenvalue weighted by molar-refractivity contribution is 5.92. The summed E-state index contributed by atoms with van der Waals surface area (Å²) in [6.45, 7) is 12.8. The zero-order chi connectivity index (χ0) is 16.3. The third-order valence-electron chi connectivity index (χ3n) is 4.20. The lowest BCUT2D eigenvalue weighted by atomic mass is 10.1. The quantitative estimate of drug-likeness (QED) is 0.738. The highest BCUT2D eigenvalue weighted by Crippen LogP contribution is 2.25. The van der Waals surface area contributed by atoms with Gasteiger partial charge in [0.05, 0.1) is 11.7 Å². The molecular weight excluding hydrogens is 268 g/mol. The number of aryl methyl sites for hydroxylation is 4. The fourth-order valence-electron chi connectivity index (χ4n) is 2.62. The molecule has 0 spiro atoms. The normalized spacial score (nSPS) is 13.1. The summed E-state index contributed by atoms with van der Waals surface area (Å²) in [6.07, 6.45) is 0. The standard InChI is InChI=1S/C20H26N2/c1-13-9-7-10-14(2)19(13)21-17(5)18(6)22-20-15(3)11-8-12-16(20)4/h7-12,17,21H,1-6H3. The lowest BCUT2D eigenvalue weighted by molar-refractivity contribution is 1.03. The van der Waals surface area contributed by atoms with Crippen molar-refractivity contribution in [1.82, 2.24) is 0 Å². The van der Waals surface area contributed by atoms with E-state index in [1.807, 2.05) is 0 Å². The average Bonchev–Trinajstić information content (AvgIpc) is 2.46. The molecule has 2 aromatic rings. The highest BCUT2D eigenvalue weighted by Gasteiger charge is 2.10. The van der Waals surface area contributed by atoms with E-state index in [9.17, 15) is 0 Å². The van der Waals surface area contributed by atoms with Crippen LogP contribution >= 0.6 is 0 Å². The number of para-hydroxylation sites is 2. The van der Waals surface area contributed by atoms with Crippen LogP contribution in [0.4, 0.5) is 11.4 Å². The van der Waals surface area contributed by atoms with Crippen molar-refractivity contribution >= 4 is 17.1 Å². The predicted molar refractivity (Wildman–Crippen MR) is 97.7 cm³/mol. The maximum atomic E-state index is 4.87. The molecule has 116 valence electrons. The second kappa shape index (κ2) is 6.78. The summed E-state index contributed by atoms with van der Waals surface area (Å²) >= 11 is 0. The number of aliphatic imine (C=N–C) groups is 1. The Morgan fingerprint density at radius 3 is 1.82 bits per heavy atom. The van der Waals surface area contributed by atoms with Crippen molar-refractivity contribution in [2.24, 2.45) is 4.99 Å². The molecule has 22 heavy (non-hydrogen) atoms. The lowest BCUT2D eigenvalue weighted by Crippen LogP contribution is -2.24. The van der Waals surface area contributed by atoms with Gasteiger partial charge < -0.3 is 5.32 Å². The van der Waals surface area contributed by atoms with Gasteiger partial charge >= 0.3 is 0 Å². The highest BCUT2D eigenvalue weighted by atomic mass is 14.9. The molecule has 0 aromatic heterocycles. The first-order chi connectivity index (χ1) is 10.4. The van der Waals surface area contributed by atoms with Gasteiger partial charge in [-0.1, -0.05) is 36.4 Å². The van der Waals surface area contributed by atoms with Crippen molar-refractivity contribution in [3.63, 3.8) is 0 Å². The van der Waals surface area contributed by atoms with Crippen LogP contribution in [0.1, 0.15) is 36.1 Å². The second-order valence-corrected chi connectivity index (χ2v) is 6.13. The number of anilines is 1. The largest absolute Gasteiger partial charge is 0.377 e. The molecule has 0 saturated carbocycles. The number of nitrogens with zero attached hydrogens (tertiary/aromatic N) is 1. The minimum absolute atomic E-state index is 0.193. The molecular formula is C20H26N2. The number of hydrogen-bond acceptors (Lipinski definition) is 2. The monoisotopic (exact) mass is 294 g/mol. The Morgan fingerprint density at radius 2 is 1.32 bits per heavy atom. The topological polar surface area (TPSA) is 24.4 Å². The summed E-state index contributed by atoms with van der Waals surface area (Å²) in [4.78, 5) is 4.87. The van der Waals surface area contributed by atoms with Crippen molar-refractivity contribution in [2.45, 2.75) is 47.6 Å². The molecule has 1 unspecified atom stereocenters. The summed E-state index contributed by atoms with van der Waals surface area (Å²) < 4.78 is 0. The third kappa shape index (κ3) is 3.56. The van der Waals surface area contributed by atoms with Crippen LogP contribution in [-0.4, -0.2) is 11.8 Å². The Labute approximate surface area is 134 Å². The van der Waals surface area contributed by atoms with Gasteiger partial charge in [0.1, 0.15) is 0 Å². The van der Waals surface area contributed by atoms with Gasteiger partial charge in [0.2, 0.25) is 0 Å². The molecule has 0 fully saturated rings. The van der Waals surface area contributed by atoms with Crippen molar-refractivity contribution < 1.29 is 0 Å². The smallest absolute Gasteiger partial charge is 0.0688 e. The molecule has 0 aliphatic heterocycles. The van der Waals surface area contributed by atoms with E-state index in [0.29, 0.717) is 0 Å². The zero-order valence-corrected chi connectivity index (χ0v) is 14.5. The fraction of sp³-hybridized carbons (Fsp3) is 0.350. The van der Waals surface area contributed by atoms with Crippen LogP contribution in [0, 0.1) is 27.7 Å². The maximum absolute atomic E-state index is 4.87. The molecule has 0 heterocycles. The molecule has 0 aliphatic carbocycles. The predicted octanol–water partition coefficient (Wildman–Crippen LogP) is 5.51. The summed E-state index contributed by atoms with van der Waals surface area (Å²) in [6, 6.07) is 12.9. The first kappa shape index (κ1) is 16.3. The number of hydrogen-bond donors (Lipinski definition) is 1. The van der Waals surface area contributed by atoms with Crippen molar-refractivity contribution in [1.29, 1.82) is 0 Å². The van der Waals surface area contributed by atoms with Gasteiger partial charge in [0, 0.05) is 11.4 Å². The number of nitrogens with one attached hydrogen (secondary N) is 1. The van der Waals surface area contributed by atoms with Crippen LogP contribution in [0.3, 0.4) is 0 Å². The van der Waals surface area contributed by atoms with Crippen molar-refractivity contribution in [3.05, 3.63) is 58.7 Å². The molecule has 2 rings (SSSR count). The van der Waals surface area contributed by atoms with E-state index in [4.69, 9.17) is 4.99 Å². The molecule has 0 saturated heterocycles. The van der Waals surface area contributed by atoms with Gasteiger partial charge in [-0.3, -0.25) is 4.99 Å². The van der Waals surface area contributed by atoms with E-state index in [-0.39, 0.29) is 6.04 Å². The molecule has 2 aromatic carbocycles. The fourth-order valence-corrected chi connectivity index (χ4v) is 2.62. The Kier molecular flexibility index (Phi) is 5.02. The minimum atomic E-state index is 0.193. The van der Waals surface area contributed by atoms with Gasteiger partial charge in [-0.25, -0.2) is 0 Å². The van der Waals surface area contributed by atoms with Crippen LogP contribution in [-0.2, 0) is 0 Å². The molecule has 2 heteroatoms. The van der Waals surface area contributed by atoms with Gasteiger partial charge in [0.25, 0.3) is 0 Å². The first-order valence-corrected chi connectivity index (χ1v) is 7.84. The SMILES string of the molecule is CC(=Nc1c(C)cccc1C)C(C)Nc1c(C)cccc1C. The molecule has 0 aliphatic rings.